The maximum absolute atomic E-state index is 12.8. The van der Waals surface area contributed by atoms with Gasteiger partial charge in [0.1, 0.15) is 6.04 Å². The van der Waals surface area contributed by atoms with Crippen LogP contribution in [0.15, 0.2) is 54.6 Å². The molecule has 30 heavy (non-hydrogen) atoms. The van der Waals surface area contributed by atoms with Crippen LogP contribution in [0.5, 0.6) is 0 Å². The summed E-state index contributed by atoms with van der Waals surface area (Å²) in [5.74, 6) is -1.07. The molecule has 0 radical (unpaired) electrons. The molecule has 2 amide bonds. The van der Waals surface area contributed by atoms with E-state index in [1.165, 1.54) is 7.11 Å². The van der Waals surface area contributed by atoms with Crippen LogP contribution in [0.4, 0.5) is 0 Å². The van der Waals surface area contributed by atoms with E-state index in [2.05, 4.69) is 36.1 Å². The molecular weight excluding hydrogens is 380 g/mol. The van der Waals surface area contributed by atoms with Gasteiger partial charge in [0.15, 0.2) is 0 Å². The van der Waals surface area contributed by atoms with Crippen molar-refractivity contribution in [2.24, 2.45) is 0 Å². The Morgan fingerprint density at radius 2 is 1.60 bits per heavy atom. The van der Waals surface area contributed by atoms with Crippen molar-refractivity contribution in [2.75, 3.05) is 13.7 Å². The second-order valence-electron chi connectivity index (χ2n) is 8.16. The summed E-state index contributed by atoms with van der Waals surface area (Å²) in [5.41, 5.74) is 2.53. The van der Waals surface area contributed by atoms with Crippen LogP contribution in [0.2, 0.25) is 0 Å². The smallest absolute Gasteiger partial charge is 0.307 e. The molecule has 0 aliphatic rings. The number of hydrogen-bond acceptors (Lipinski definition) is 4. The second kappa shape index (κ2) is 10.6. The Kier molecular flexibility index (Phi) is 8.16. The highest BCUT2D eigenvalue weighted by atomic mass is 16.5. The summed E-state index contributed by atoms with van der Waals surface area (Å²) in [6.45, 7) is 6.47. The third-order valence-corrected chi connectivity index (χ3v) is 4.77. The lowest BCUT2D eigenvalue weighted by Crippen LogP contribution is -2.48. The molecule has 1 atom stereocenters. The van der Waals surface area contributed by atoms with Gasteiger partial charge in [0, 0.05) is 18.5 Å². The number of ether oxygens (including phenoxy) is 1. The van der Waals surface area contributed by atoms with Crippen LogP contribution < -0.4 is 10.6 Å². The molecule has 6 heteroatoms. The van der Waals surface area contributed by atoms with Gasteiger partial charge in [0.2, 0.25) is 5.91 Å². The van der Waals surface area contributed by atoms with Crippen LogP contribution in [0.1, 0.15) is 48.7 Å². The van der Waals surface area contributed by atoms with Crippen LogP contribution in [0.25, 0.3) is 0 Å². The minimum Gasteiger partial charge on any atom is -0.469 e. The molecule has 0 heterocycles. The van der Waals surface area contributed by atoms with Crippen LogP contribution in [0.3, 0.4) is 0 Å². The zero-order chi connectivity index (χ0) is 22.1. The van der Waals surface area contributed by atoms with E-state index in [1.807, 2.05) is 42.5 Å². The first-order valence-corrected chi connectivity index (χ1v) is 10.0. The van der Waals surface area contributed by atoms with Gasteiger partial charge in [0.25, 0.3) is 5.91 Å². The van der Waals surface area contributed by atoms with Crippen molar-refractivity contribution in [3.05, 3.63) is 71.3 Å². The van der Waals surface area contributed by atoms with Crippen LogP contribution >= 0.6 is 0 Å². The Morgan fingerprint density at radius 3 is 2.17 bits per heavy atom. The summed E-state index contributed by atoms with van der Waals surface area (Å²) in [5, 5.41) is 5.52. The first-order valence-electron chi connectivity index (χ1n) is 10.0. The lowest BCUT2D eigenvalue weighted by atomic mass is 9.86. The Labute approximate surface area is 178 Å². The minimum atomic E-state index is -0.764. The molecule has 0 aliphatic heterocycles. The number of rotatable bonds is 8. The summed E-state index contributed by atoms with van der Waals surface area (Å²) in [6.07, 6.45) is 0.416. The fourth-order valence-corrected chi connectivity index (χ4v) is 2.94. The Bertz CT molecular complexity index is 855. The van der Waals surface area contributed by atoms with Crippen molar-refractivity contribution in [2.45, 2.75) is 45.1 Å². The molecule has 6 nitrogen and oxygen atoms in total. The van der Waals surface area contributed by atoms with E-state index in [-0.39, 0.29) is 30.2 Å². The lowest BCUT2D eigenvalue weighted by Gasteiger charge is -2.20. The summed E-state index contributed by atoms with van der Waals surface area (Å²) < 4.78 is 4.58. The summed E-state index contributed by atoms with van der Waals surface area (Å²) >= 11 is 0. The second-order valence-corrected chi connectivity index (χ2v) is 8.16. The highest BCUT2D eigenvalue weighted by Gasteiger charge is 2.22. The number of benzene rings is 2. The Hall–Kier alpha value is -3.15. The third-order valence-electron chi connectivity index (χ3n) is 4.77. The highest BCUT2D eigenvalue weighted by Crippen LogP contribution is 2.22. The molecular formula is C24H30N2O4. The van der Waals surface area contributed by atoms with Crippen molar-refractivity contribution in [3.63, 3.8) is 0 Å². The van der Waals surface area contributed by atoms with E-state index in [9.17, 15) is 14.4 Å². The molecule has 0 spiro atoms. The molecule has 2 rings (SSSR count). The number of carbonyl (C=O) groups is 3. The molecule has 0 bridgehead atoms. The van der Waals surface area contributed by atoms with E-state index in [0.717, 1.165) is 11.1 Å². The fourth-order valence-electron chi connectivity index (χ4n) is 2.94. The number of hydrogen-bond donors (Lipinski definition) is 2. The number of methoxy groups -OCH3 is 1. The molecule has 160 valence electrons. The fraction of sp³-hybridized carbons (Fsp3) is 0.375. The van der Waals surface area contributed by atoms with Crippen molar-refractivity contribution in [1.82, 2.24) is 10.6 Å². The largest absolute Gasteiger partial charge is 0.469 e. The van der Waals surface area contributed by atoms with Crippen LogP contribution in [-0.4, -0.2) is 37.5 Å². The SMILES string of the molecule is COC(=O)CCNC(=O)C(Cc1ccccc1)NC(=O)c1ccc(C(C)(C)C)cc1. The van der Waals surface area contributed by atoms with Crippen molar-refractivity contribution in [3.8, 4) is 0 Å². The lowest BCUT2D eigenvalue weighted by molar-refractivity contribution is -0.140. The van der Waals surface area contributed by atoms with Gasteiger partial charge in [-0.3, -0.25) is 14.4 Å². The normalized spacial score (nSPS) is 12.0. The van der Waals surface area contributed by atoms with Gasteiger partial charge in [-0.2, -0.15) is 0 Å². The molecule has 2 N–H and O–H groups in total. The highest BCUT2D eigenvalue weighted by molar-refractivity contribution is 5.97. The third kappa shape index (κ3) is 7.03. The Morgan fingerprint density at radius 1 is 0.967 bits per heavy atom. The standard InChI is InChI=1S/C24H30N2O4/c1-24(2,3)19-12-10-18(11-13-19)22(28)26-20(16-17-8-6-5-7-9-17)23(29)25-15-14-21(27)30-4/h5-13,20H,14-16H2,1-4H3,(H,25,29)(H,26,28). The van der Waals surface area contributed by atoms with Gasteiger partial charge in [-0.25, -0.2) is 0 Å². The van der Waals surface area contributed by atoms with E-state index < -0.39 is 12.0 Å². The number of esters is 1. The van der Waals surface area contributed by atoms with Crippen molar-refractivity contribution < 1.29 is 19.1 Å². The average Bonchev–Trinajstić information content (AvgIpc) is 2.73. The summed E-state index contributed by atoms with van der Waals surface area (Å²) in [7, 11) is 1.30. The summed E-state index contributed by atoms with van der Waals surface area (Å²) in [6, 6.07) is 16.1. The first kappa shape index (κ1) is 23.1. The molecule has 0 aliphatic carbocycles. The Balaban J connectivity index is 2.10. The minimum absolute atomic E-state index is 0.00955. The van der Waals surface area contributed by atoms with Crippen LogP contribution in [-0.2, 0) is 26.2 Å². The maximum atomic E-state index is 12.8. The molecule has 0 saturated carbocycles. The molecule has 0 saturated heterocycles. The number of amides is 2. The molecule has 2 aromatic rings. The van der Waals surface area contributed by atoms with Gasteiger partial charge in [-0.05, 0) is 28.7 Å². The van der Waals surface area contributed by atoms with Gasteiger partial charge in [0.05, 0.1) is 13.5 Å². The maximum Gasteiger partial charge on any atom is 0.307 e. The number of nitrogens with one attached hydrogen (secondary N) is 2. The summed E-state index contributed by atoms with van der Waals surface area (Å²) in [4.78, 5) is 36.7. The predicted molar refractivity (Wildman–Crippen MR) is 116 cm³/mol. The predicted octanol–water partition coefficient (Wildman–Crippen LogP) is 3.00. The van der Waals surface area contributed by atoms with Gasteiger partial charge in [-0.1, -0.05) is 63.2 Å². The molecule has 0 fully saturated rings. The quantitative estimate of drug-likeness (QED) is 0.655. The first-order chi connectivity index (χ1) is 14.2. The van der Waals surface area contributed by atoms with E-state index in [4.69, 9.17) is 0 Å². The molecule has 0 aromatic heterocycles. The molecule has 1 unspecified atom stereocenters. The van der Waals surface area contributed by atoms with E-state index in [1.54, 1.807) is 12.1 Å². The topological polar surface area (TPSA) is 84.5 Å². The van der Waals surface area contributed by atoms with Crippen LogP contribution in [0, 0.1) is 0 Å². The zero-order valence-electron chi connectivity index (χ0n) is 18.0. The van der Waals surface area contributed by atoms with Gasteiger partial charge >= 0.3 is 5.97 Å². The van der Waals surface area contributed by atoms with Crippen molar-refractivity contribution >= 4 is 17.8 Å². The zero-order valence-corrected chi connectivity index (χ0v) is 18.0. The number of carbonyl (C=O) groups excluding carboxylic acids is 3. The molecule has 2 aromatic carbocycles. The van der Waals surface area contributed by atoms with Gasteiger partial charge in [-0.15, -0.1) is 0 Å². The van der Waals surface area contributed by atoms with E-state index in [0.29, 0.717) is 12.0 Å². The average molecular weight is 411 g/mol. The van der Waals surface area contributed by atoms with Crippen molar-refractivity contribution in [1.29, 1.82) is 0 Å². The van der Waals surface area contributed by atoms with Gasteiger partial charge < -0.3 is 15.4 Å². The monoisotopic (exact) mass is 410 g/mol. The van der Waals surface area contributed by atoms with E-state index >= 15 is 0 Å².